The summed E-state index contributed by atoms with van der Waals surface area (Å²) in [5.74, 6) is 1.13. The molecule has 0 radical (unpaired) electrons. The highest BCUT2D eigenvalue weighted by Crippen LogP contribution is 2.38. The summed E-state index contributed by atoms with van der Waals surface area (Å²) in [6.07, 6.45) is 0.651. The van der Waals surface area contributed by atoms with Gasteiger partial charge in [-0.2, -0.15) is 0 Å². The van der Waals surface area contributed by atoms with E-state index in [0.717, 1.165) is 16.3 Å². The van der Waals surface area contributed by atoms with E-state index >= 15 is 0 Å². The lowest BCUT2D eigenvalue weighted by Gasteiger charge is -2.14. The zero-order valence-electron chi connectivity index (χ0n) is 16.9. The summed E-state index contributed by atoms with van der Waals surface area (Å²) in [4.78, 5) is 17.2. The molecule has 29 heavy (non-hydrogen) atoms. The summed E-state index contributed by atoms with van der Waals surface area (Å²) in [5, 5.41) is 5.94. The fourth-order valence-electron chi connectivity index (χ4n) is 2.95. The molecular formula is C22H24N2O4S. The van der Waals surface area contributed by atoms with Crippen LogP contribution in [0.3, 0.4) is 0 Å². The molecule has 0 atom stereocenters. The fourth-order valence-corrected chi connectivity index (χ4v) is 3.80. The SMILES string of the molecule is COc1cc(C(=O)NCCc2csc(-c3cccc(C)c3)n2)cc(OC)c1OC. The molecule has 0 saturated heterocycles. The van der Waals surface area contributed by atoms with Crippen molar-refractivity contribution in [2.24, 2.45) is 0 Å². The van der Waals surface area contributed by atoms with Crippen LogP contribution < -0.4 is 19.5 Å². The van der Waals surface area contributed by atoms with Crippen LogP contribution in [0.1, 0.15) is 21.6 Å². The zero-order chi connectivity index (χ0) is 20.8. The van der Waals surface area contributed by atoms with Crippen molar-refractivity contribution >= 4 is 17.2 Å². The van der Waals surface area contributed by atoms with Crippen LogP contribution in [0.2, 0.25) is 0 Å². The Balaban J connectivity index is 1.63. The first-order chi connectivity index (χ1) is 14.0. The van der Waals surface area contributed by atoms with Gasteiger partial charge in [-0.1, -0.05) is 23.8 Å². The minimum absolute atomic E-state index is 0.210. The number of hydrogen-bond donors (Lipinski definition) is 1. The molecule has 0 saturated carbocycles. The van der Waals surface area contributed by atoms with Crippen LogP contribution in [-0.2, 0) is 6.42 Å². The van der Waals surface area contributed by atoms with Crippen LogP contribution in [0.25, 0.3) is 10.6 Å². The molecule has 0 fully saturated rings. The van der Waals surface area contributed by atoms with E-state index in [4.69, 9.17) is 14.2 Å². The topological polar surface area (TPSA) is 69.7 Å². The summed E-state index contributed by atoms with van der Waals surface area (Å²) >= 11 is 1.61. The Kier molecular flexibility index (Phi) is 6.72. The average Bonchev–Trinajstić information content (AvgIpc) is 3.21. The molecule has 0 spiro atoms. The molecule has 3 rings (SSSR count). The first-order valence-electron chi connectivity index (χ1n) is 9.15. The predicted molar refractivity (Wildman–Crippen MR) is 114 cm³/mol. The minimum atomic E-state index is -0.210. The fraction of sp³-hybridized carbons (Fsp3) is 0.273. The largest absolute Gasteiger partial charge is 0.493 e. The van der Waals surface area contributed by atoms with Crippen molar-refractivity contribution in [1.29, 1.82) is 0 Å². The van der Waals surface area contributed by atoms with Gasteiger partial charge >= 0.3 is 0 Å². The van der Waals surface area contributed by atoms with Crippen molar-refractivity contribution in [3.05, 3.63) is 58.6 Å². The third-order valence-corrected chi connectivity index (χ3v) is 5.35. The van der Waals surface area contributed by atoms with Gasteiger partial charge in [-0.05, 0) is 25.1 Å². The number of ether oxygens (including phenoxy) is 3. The van der Waals surface area contributed by atoms with E-state index < -0.39 is 0 Å². The maximum Gasteiger partial charge on any atom is 0.251 e. The molecular weight excluding hydrogens is 388 g/mol. The second kappa shape index (κ2) is 9.43. The van der Waals surface area contributed by atoms with Crippen LogP contribution in [0.5, 0.6) is 17.2 Å². The van der Waals surface area contributed by atoms with Crippen LogP contribution in [0, 0.1) is 6.92 Å². The van der Waals surface area contributed by atoms with Crippen molar-refractivity contribution in [1.82, 2.24) is 10.3 Å². The molecule has 7 heteroatoms. The molecule has 0 aliphatic carbocycles. The number of hydrogen-bond acceptors (Lipinski definition) is 6. The number of carbonyl (C=O) groups excluding carboxylic acids is 1. The third kappa shape index (κ3) is 4.86. The van der Waals surface area contributed by atoms with Gasteiger partial charge < -0.3 is 19.5 Å². The lowest BCUT2D eigenvalue weighted by Crippen LogP contribution is -2.25. The summed E-state index contributed by atoms with van der Waals surface area (Å²) < 4.78 is 15.9. The van der Waals surface area contributed by atoms with Crippen molar-refractivity contribution in [2.75, 3.05) is 27.9 Å². The summed E-state index contributed by atoms with van der Waals surface area (Å²) in [5.41, 5.74) is 3.72. The first-order valence-corrected chi connectivity index (χ1v) is 10.0. The van der Waals surface area contributed by atoms with E-state index in [9.17, 15) is 4.79 Å². The van der Waals surface area contributed by atoms with E-state index in [-0.39, 0.29) is 5.91 Å². The van der Waals surface area contributed by atoms with Crippen molar-refractivity contribution in [3.8, 4) is 27.8 Å². The van der Waals surface area contributed by atoms with E-state index in [2.05, 4.69) is 35.4 Å². The highest BCUT2D eigenvalue weighted by molar-refractivity contribution is 7.13. The van der Waals surface area contributed by atoms with Crippen molar-refractivity contribution in [2.45, 2.75) is 13.3 Å². The maximum absolute atomic E-state index is 12.6. The number of methoxy groups -OCH3 is 3. The number of thiazole rings is 1. The molecule has 3 aromatic rings. The Bertz CT molecular complexity index is 975. The molecule has 1 amide bonds. The monoisotopic (exact) mass is 412 g/mol. The molecule has 0 bridgehead atoms. The first kappa shape index (κ1) is 20.7. The minimum Gasteiger partial charge on any atom is -0.493 e. The summed E-state index contributed by atoms with van der Waals surface area (Å²) in [7, 11) is 4.57. The smallest absolute Gasteiger partial charge is 0.251 e. The van der Waals surface area contributed by atoms with Gasteiger partial charge in [-0.3, -0.25) is 4.79 Å². The third-order valence-electron chi connectivity index (χ3n) is 4.41. The van der Waals surface area contributed by atoms with Gasteiger partial charge in [-0.25, -0.2) is 4.98 Å². The van der Waals surface area contributed by atoms with E-state index in [1.54, 1.807) is 23.5 Å². The average molecular weight is 413 g/mol. The summed E-state index contributed by atoms with van der Waals surface area (Å²) in [6.45, 7) is 2.54. The number of carbonyl (C=O) groups is 1. The second-order valence-corrected chi connectivity index (χ2v) is 7.29. The molecule has 0 unspecified atom stereocenters. The quantitative estimate of drug-likeness (QED) is 0.603. The molecule has 1 heterocycles. The number of rotatable bonds is 8. The van der Waals surface area contributed by atoms with Crippen molar-refractivity contribution in [3.63, 3.8) is 0 Å². The number of nitrogens with one attached hydrogen (secondary N) is 1. The Morgan fingerprint density at radius 2 is 1.79 bits per heavy atom. The molecule has 1 N–H and O–H groups in total. The maximum atomic E-state index is 12.6. The van der Waals surface area contributed by atoms with Gasteiger partial charge in [0.25, 0.3) is 5.91 Å². The molecule has 1 aromatic heterocycles. The lowest BCUT2D eigenvalue weighted by atomic mass is 10.1. The van der Waals surface area contributed by atoms with Crippen LogP contribution in [0.4, 0.5) is 0 Å². The van der Waals surface area contributed by atoms with Gasteiger partial charge in [-0.15, -0.1) is 11.3 Å². The number of benzene rings is 2. The van der Waals surface area contributed by atoms with E-state index in [1.165, 1.54) is 26.9 Å². The highest BCUT2D eigenvalue weighted by Gasteiger charge is 2.17. The number of nitrogens with zero attached hydrogens (tertiary/aromatic N) is 1. The lowest BCUT2D eigenvalue weighted by molar-refractivity contribution is 0.0953. The number of amides is 1. The van der Waals surface area contributed by atoms with E-state index in [1.807, 2.05) is 11.4 Å². The standard InChI is InChI=1S/C22H24N2O4S/c1-14-6-5-7-15(10-14)22-24-17(13-29-22)8-9-23-21(25)16-11-18(26-2)20(28-4)19(12-16)27-3/h5-7,10-13H,8-9H2,1-4H3,(H,23,25). The summed E-state index contributed by atoms with van der Waals surface area (Å²) in [6, 6.07) is 11.5. The van der Waals surface area contributed by atoms with Gasteiger partial charge in [0.2, 0.25) is 5.75 Å². The van der Waals surface area contributed by atoms with Crippen LogP contribution in [0.15, 0.2) is 41.8 Å². The second-order valence-electron chi connectivity index (χ2n) is 6.43. The van der Waals surface area contributed by atoms with Crippen LogP contribution >= 0.6 is 11.3 Å². The Morgan fingerprint density at radius 3 is 2.41 bits per heavy atom. The molecule has 6 nitrogen and oxygen atoms in total. The molecule has 2 aromatic carbocycles. The Morgan fingerprint density at radius 1 is 1.07 bits per heavy atom. The van der Waals surface area contributed by atoms with Crippen molar-refractivity contribution < 1.29 is 19.0 Å². The number of aromatic nitrogens is 1. The molecule has 152 valence electrons. The Labute approximate surface area is 174 Å². The zero-order valence-corrected chi connectivity index (χ0v) is 17.8. The highest BCUT2D eigenvalue weighted by atomic mass is 32.1. The van der Waals surface area contributed by atoms with E-state index in [0.29, 0.717) is 35.8 Å². The van der Waals surface area contributed by atoms with Gasteiger partial charge in [0.1, 0.15) is 5.01 Å². The van der Waals surface area contributed by atoms with Gasteiger partial charge in [0.15, 0.2) is 11.5 Å². The molecule has 0 aliphatic heterocycles. The Hall–Kier alpha value is -3.06. The normalized spacial score (nSPS) is 10.5. The van der Waals surface area contributed by atoms with Gasteiger partial charge in [0, 0.05) is 29.5 Å². The number of aryl methyl sites for hydroxylation is 1. The van der Waals surface area contributed by atoms with Crippen LogP contribution in [-0.4, -0.2) is 38.8 Å². The predicted octanol–water partition coefficient (Wildman–Crippen LogP) is 4.12. The van der Waals surface area contributed by atoms with Gasteiger partial charge in [0.05, 0.1) is 27.0 Å². The molecule has 0 aliphatic rings.